The van der Waals surface area contributed by atoms with Crippen molar-refractivity contribution in [2.45, 2.75) is 0 Å². The van der Waals surface area contributed by atoms with Crippen LogP contribution in [-0.2, 0) is 0 Å². The molecule has 0 saturated heterocycles. The number of nitrogens with zero attached hydrogens (tertiary/aromatic N) is 2. The van der Waals surface area contributed by atoms with Crippen molar-refractivity contribution in [3.05, 3.63) is 109 Å². The van der Waals surface area contributed by atoms with Crippen molar-refractivity contribution in [1.29, 1.82) is 0 Å². The van der Waals surface area contributed by atoms with Gasteiger partial charge in [-0.15, -0.1) is 0 Å². The second-order valence-electron chi connectivity index (χ2n) is 10.9. The Morgan fingerprint density at radius 3 is 1.44 bits per heavy atom. The van der Waals surface area contributed by atoms with Gasteiger partial charge in [-0.25, -0.2) is 0 Å². The Labute approximate surface area is 220 Å². The Hall–Kier alpha value is -5.28. The first kappa shape index (κ1) is 18.9. The van der Waals surface area contributed by atoms with Gasteiger partial charge < -0.3 is 13.2 Å². The van der Waals surface area contributed by atoms with Gasteiger partial charge in [0.1, 0.15) is 11.2 Å². The molecule has 11 aromatic rings. The predicted molar refractivity (Wildman–Crippen MR) is 163 cm³/mol. The summed E-state index contributed by atoms with van der Waals surface area (Å²) in [4.78, 5) is 0. The Balaban J connectivity index is 1.34. The molecular formula is C36H18N2O. The zero-order chi connectivity index (χ0) is 25.0. The molecule has 39 heavy (non-hydrogen) atoms. The molecule has 3 nitrogen and oxygen atoms in total. The second-order valence-corrected chi connectivity index (χ2v) is 10.9. The molecule has 0 aliphatic heterocycles. The Bertz CT molecular complexity index is 2820. The van der Waals surface area contributed by atoms with Gasteiger partial charge in [0.05, 0.1) is 33.1 Å². The second kappa shape index (κ2) is 6.06. The fourth-order valence-electron chi connectivity index (χ4n) is 7.62. The van der Waals surface area contributed by atoms with Crippen LogP contribution in [0.5, 0.6) is 0 Å². The number of rotatable bonds is 0. The lowest BCUT2D eigenvalue weighted by atomic mass is 10.0. The summed E-state index contributed by atoms with van der Waals surface area (Å²) in [6, 6.07) is 40.0. The van der Waals surface area contributed by atoms with Crippen molar-refractivity contribution in [3.63, 3.8) is 0 Å². The van der Waals surface area contributed by atoms with Crippen molar-refractivity contribution < 1.29 is 4.42 Å². The maximum absolute atomic E-state index is 6.62. The van der Waals surface area contributed by atoms with E-state index in [2.05, 4.69) is 118 Å². The van der Waals surface area contributed by atoms with Gasteiger partial charge in [-0.3, -0.25) is 0 Å². The summed E-state index contributed by atoms with van der Waals surface area (Å²) in [7, 11) is 0. The van der Waals surface area contributed by atoms with Gasteiger partial charge >= 0.3 is 0 Å². The molecule has 0 radical (unpaired) electrons. The lowest BCUT2D eigenvalue weighted by Gasteiger charge is -1.99. The molecule has 0 aliphatic rings. The third-order valence-electron chi connectivity index (χ3n) is 9.16. The fraction of sp³-hybridized carbons (Fsp3) is 0. The number of aromatic nitrogens is 2. The number of hydrogen-bond acceptors (Lipinski definition) is 1. The zero-order valence-electron chi connectivity index (χ0n) is 20.7. The van der Waals surface area contributed by atoms with E-state index < -0.39 is 0 Å². The van der Waals surface area contributed by atoms with Gasteiger partial charge in [-0.1, -0.05) is 72.8 Å². The molecule has 5 heterocycles. The number of para-hydroxylation sites is 4. The van der Waals surface area contributed by atoms with E-state index in [9.17, 15) is 0 Å². The van der Waals surface area contributed by atoms with Crippen LogP contribution in [0.3, 0.4) is 0 Å². The van der Waals surface area contributed by atoms with Crippen molar-refractivity contribution >= 4 is 98.1 Å². The van der Waals surface area contributed by atoms with Crippen LogP contribution in [0.2, 0.25) is 0 Å². The standard InChI is InChI=1S/C36H18N2O/c1-3-13-29-19(7-1)22-10-6-12-24-26-17-33-28(16-31(26)37(29)36(22)24)27-15-25-23-11-5-9-21-20-8-2-4-14-30(20)38(35(21)23)32(25)18-34(27)39-33/h1-18H. The van der Waals surface area contributed by atoms with E-state index in [1.165, 1.54) is 87.0 Å². The molecule has 11 rings (SSSR count). The summed E-state index contributed by atoms with van der Waals surface area (Å²) >= 11 is 0. The van der Waals surface area contributed by atoms with Gasteiger partial charge in [0.25, 0.3) is 0 Å². The van der Waals surface area contributed by atoms with Crippen LogP contribution in [0.15, 0.2) is 114 Å². The Morgan fingerprint density at radius 1 is 0.333 bits per heavy atom. The molecule has 5 aromatic heterocycles. The van der Waals surface area contributed by atoms with Crippen LogP contribution in [0, 0.1) is 0 Å². The summed E-state index contributed by atoms with van der Waals surface area (Å²) in [5, 5.41) is 12.6. The summed E-state index contributed by atoms with van der Waals surface area (Å²) in [6.45, 7) is 0. The quantitative estimate of drug-likeness (QED) is 0.206. The molecule has 0 fully saturated rings. The highest BCUT2D eigenvalue weighted by atomic mass is 16.3. The SMILES string of the molecule is c1ccc2c(c1)c1cccc3c4cc5c(cc4n2c13)oc1cc2c3cccc4c6ccccc6n(c2cc15)c43. The van der Waals surface area contributed by atoms with E-state index in [0.29, 0.717) is 0 Å². The van der Waals surface area contributed by atoms with Gasteiger partial charge in [0.15, 0.2) is 0 Å². The van der Waals surface area contributed by atoms with Gasteiger partial charge in [-0.2, -0.15) is 0 Å². The number of benzene rings is 6. The van der Waals surface area contributed by atoms with Crippen molar-refractivity contribution in [1.82, 2.24) is 8.80 Å². The predicted octanol–water partition coefficient (Wildman–Crippen LogP) is 9.89. The highest BCUT2D eigenvalue weighted by Gasteiger charge is 2.21. The highest BCUT2D eigenvalue weighted by Crippen LogP contribution is 2.44. The summed E-state index contributed by atoms with van der Waals surface area (Å²) < 4.78 is 11.5. The van der Waals surface area contributed by atoms with Crippen molar-refractivity contribution in [2.75, 3.05) is 0 Å². The molecule has 6 aromatic carbocycles. The normalized spacial score (nSPS) is 13.1. The van der Waals surface area contributed by atoms with Crippen LogP contribution < -0.4 is 0 Å². The molecule has 0 saturated carbocycles. The molecule has 0 bridgehead atoms. The first-order chi connectivity index (χ1) is 19.3. The van der Waals surface area contributed by atoms with E-state index in [4.69, 9.17) is 4.42 Å². The number of furan rings is 1. The molecular weight excluding hydrogens is 476 g/mol. The van der Waals surface area contributed by atoms with Gasteiger partial charge in [-0.05, 0) is 30.3 Å². The monoisotopic (exact) mass is 494 g/mol. The minimum Gasteiger partial charge on any atom is -0.456 e. The average molecular weight is 495 g/mol. The summed E-state index contributed by atoms with van der Waals surface area (Å²) in [5.74, 6) is 0. The molecule has 0 spiro atoms. The Kier molecular flexibility index (Phi) is 2.93. The Morgan fingerprint density at radius 2 is 0.795 bits per heavy atom. The largest absolute Gasteiger partial charge is 0.456 e. The number of fused-ring (bicyclic) bond motifs is 15. The first-order valence-corrected chi connectivity index (χ1v) is 13.5. The zero-order valence-corrected chi connectivity index (χ0v) is 20.7. The third kappa shape index (κ3) is 1.99. The van der Waals surface area contributed by atoms with Gasteiger partial charge in [0, 0.05) is 59.9 Å². The molecule has 0 atom stereocenters. The van der Waals surface area contributed by atoms with Crippen LogP contribution in [-0.4, -0.2) is 8.80 Å². The first-order valence-electron chi connectivity index (χ1n) is 13.5. The molecule has 0 N–H and O–H groups in total. The van der Waals surface area contributed by atoms with Gasteiger partial charge in [0.2, 0.25) is 0 Å². The van der Waals surface area contributed by atoms with E-state index in [1.807, 2.05) is 0 Å². The summed E-state index contributed by atoms with van der Waals surface area (Å²) in [5.41, 5.74) is 9.39. The van der Waals surface area contributed by atoms with Crippen LogP contribution in [0.4, 0.5) is 0 Å². The average Bonchev–Trinajstić information content (AvgIpc) is 3.76. The molecule has 178 valence electrons. The fourth-order valence-corrected chi connectivity index (χ4v) is 7.62. The molecule has 0 aliphatic carbocycles. The topological polar surface area (TPSA) is 22.0 Å². The lowest BCUT2D eigenvalue weighted by Crippen LogP contribution is -1.80. The van der Waals surface area contributed by atoms with Crippen molar-refractivity contribution in [2.24, 2.45) is 0 Å². The summed E-state index contributed by atoms with van der Waals surface area (Å²) in [6.07, 6.45) is 0. The minimum atomic E-state index is 0.932. The maximum Gasteiger partial charge on any atom is 0.137 e. The highest BCUT2D eigenvalue weighted by molar-refractivity contribution is 6.28. The van der Waals surface area contributed by atoms with Crippen LogP contribution in [0.25, 0.3) is 98.1 Å². The molecule has 3 heteroatoms. The third-order valence-corrected chi connectivity index (χ3v) is 9.16. The van der Waals surface area contributed by atoms with Crippen LogP contribution >= 0.6 is 0 Å². The van der Waals surface area contributed by atoms with Crippen LogP contribution in [0.1, 0.15) is 0 Å². The smallest absolute Gasteiger partial charge is 0.137 e. The molecule has 0 amide bonds. The molecule has 0 unspecified atom stereocenters. The van der Waals surface area contributed by atoms with E-state index in [1.54, 1.807) is 0 Å². The maximum atomic E-state index is 6.62. The van der Waals surface area contributed by atoms with E-state index >= 15 is 0 Å². The number of hydrogen-bond donors (Lipinski definition) is 0. The minimum absolute atomic E-state index is 0.932. The van der Waals surface area contributed by atoms with Crippen molar-refractivity contribution in [3.8, 4) is 0 Å². The van der Waals surface area contributed by atoms with E-state index in [-0.39, 0.29) is 0 Å². The van der Waals surface area contributed by atoms with E-state index in [0.717, 1.165) is 11.2 Å². The lowest BCUT2D eigenvalue weighted by molar-refractivity contribution is 0.670.